The van der Waals surface area contributed by atoms with Crippen LogP contribution in [-0.2, 0) is 0 Å². The molecule has 1 heterocycles. The zero-order valence-electron chi connectivity index (χ0n) is 13.9. The van der Waals surface area contributed by atoms with E-state index in [0.29, 0.717) is 17.8 Å². The van der Waals surface area contributed by atoms with E-state index < -0.39 is 0 Å². The molecule has 2 aromatic rings. The average Bonchev–Trinajstić information content (AvgIpc) is 2.47. The van der Waals surface area contributed by atoms with E-state index in [0.717, 1.165) is 24.5 Å². The van der Waals surface area contributed by atoms with Crippen LogP contribution in [0.25, 0.3) is 0 Å². The Morgan fingerprint density at radius 2 is 1.82 bits per heavy atom. The summed E-state index contributed by atoms with van der Waals surface area (Å²) in [4.78, 5) is 8.81. The van der Waals surface area contributed by atoms with Gasteiger partial charge in [0.25, 0.3) is 0 Å². The van der Waals surface area contributed by atoms with Crippen molar-refractivity contribution in [3.8, 4) is 0 Å². The first-order chi connectivity index (χ1) is 10.6. The molecule has 0 unspecified atom stereocenters. The Balaban J connectivity index is 2.07. The second-order valence-corrected chi connectivity index (χ2v) is 6.24. The highest BCUT2D eigenvalue weighted by molar-refractivity contribution is 5.61. The number of nitrogens with zero attached hydrogens (tertiary/aromatic N) is 2. The molecule has 4 nitrogen and oxygen atoms in total. The highest BCUT2D eigenvalue weighted by Gasteiger charge is 2.07. The number of hydrogen-bond donors (Lipinski definition) is 2. The summed E-state index contributed by atoms with van der Waals surface area (Å²) in [5.74, 6) is 2.63. The van der Waals surface area contributed by atoms with E-state index >= 15 is 0 Å². The topological polar surface area (TPSA) is 49.8 Å². The third-order valence-corrected chi connectivity index (χ3v) is 3.51. The fourth-order valence-corrected chi connectivity index (χ4v) is 2.24. The van der Waals surface area contributed by atoms with Gasteiger partial charge in [0.05, 0.1) is 0 Å². The van der Waals surface area contributed by atoms with Gasteiger partial charge < -0.3 is 10.6 Å². The maximum absolute atomic E-state index is 4.53. The van der Waals surface area contributed by atoms with E-state index in [4.69, 9.17) is 0 Å². The molecule has 1 aromatic heterocycles. The molecule has 2 rings (SSSR count). The summed E-state index contributed by atoms with van der Waals surface area (Å²) in [7, 11) is 0. The van der Waals surface area contributed by atoms with Crippen LogP contribution >= 0.6 is 0 Å². The molecule has 0 saturated carbocycles. The molecule has 0 aliphatic rings. The summed E-state index contributed by atoms with van der Waals surface area (Å²) in [6.45, 7) is 9.70. The fourth-order valence-electron chi connectivity index (χ4n) is 2.24. The van der Waals surface area contributed by atoms with Gasteiger partial charge >= 0.3 is 0 Å². The molecule has 0 saturated heterocycles. The minimum atomic E-state index is 0.467. The Morgan fingerprint density at radius 1 is 1.05 bits per heavy atom. The van der Waals surface area contributed by atoms with Gasteiger partial charge in [-0.1, -0.05) is 45.9 Å². The normalized spacial score (nSPS) is 11.0. The van der Waals surface area contributed by atoms with Gasteiger partial charge in [0.2, 0.25) is 5.95 Å². The summed E-state index contributed by atoms with van der Waals surface area (Å²) in [6, 6.07) is 10.2. The van der Waals surface area contributed by atoms with Gasteiger partial charge in [0, 0.05) is 18.4 Å². The van der Waals surface area contributed by atoms with Gasteiger partial charge in [0.1, 0.15) is 5.82 Å². The SMILES string of the molecule is CC(C)CCNc1nccc(Nc2ccccc2C(C)C)n1. The van der Waals surface area contributed by atoms with Gasteiger partial charge in [-0.25, -0.2) is 4.98 Å². The van der Waals surface area contributed by atoms with Crippen molar-refractivity contribution < 1.29 is 0 Å². The number of anilines is 3. The average molecular weight is 298 g/mol. The Hall–Kier alpha value is -2.10. The van der Waals surface area contributed by atoms with E-state index in [1.165, 1.54) is 5.56 Å². The number of aromatic nitrogens is 2. The highest BCUT2D eigenvalue weighted by atomic mass is 15.1. The molecule has 0 spiro atoms. The maximum atomic E-state index is 4.53. The molecule has 0 aliphatic heterocycles. The van der Waals surface area contributed by atoms with Crippen LogP contribution in [0, 0.1) is 5.92 Å². The molecule has 1 aromatic carbocycles. The van der Waals surface area contributed by atoms with Crippen molar-refractivity contribution in [2.24, 2.45) is 5.92 Å². The second-order valence-electron chi connectivity index (χ2n) is 6.24. The second kappa shape index (κ2) is 7.78. The predicted molar refractivity (Wildman–Crippen MR) is 93.8 cm³/mol. The molecule has 0 amide bonds. The van der Waals surface area contributed by atoms with Gasteiger partial charge in [-0.3, -0.25) is 0 Å². The van der Waals surface area contributed by atoms with Crippen LogP contribution in [0.1, 0.15) is 45.6 Å². The Morgan fingerprint density at radius 3 is 2.55 bits per heavy atom. The van der Waals surface area contributed by atoms with Gasteiger partial charge in [-0.2, -0.15) is 4.98 Å². The van der Waals surface area contributed by atoms with E-state index in [2.05, 4.69) is 66.5 Å². The summed E-state index contributed by atoms with van der Waals surface area (Å²) in [6.07, 6.45) is 2.89. The van der Waals surface area contributed by atoms with Crippen molar-refractivity contribution in [3.63, 3.8) is 0 Å². The Kier molecular flexibility index (Phi) is 5.75. The van der Waals surface area contributed by atoms with Crippen LogP contribution in [-0.4, -0.2) is 16.5 Å². The van der Waals surface area contributed by atoms with E-state index in [9.17, 15) is 0 Å². The van der Waals surface area contributed by atoms with Crippen LogP contribution in [0.5, 0.6) is 0 Å². The predicted octanol–water partition coefficient (Wildman–Crippen LogP) is 4.80. The highest BCUT2D eigenvalue weighted by Crippen LogP contribution is 2.26. The molecule has 0 aliphatic carbocycles. The van der Waals surface area contributed by atoms with Crippen LogP contribution in [0.3, 0.4) is 0 Å². The van der Waals surface area contributed by atoms with Crippen molar-refractivity contribution in [3.05, 3.63) is 42.1 Å². The van der Waals surface area contributed by atoms with Crippen molar-refractivity contribution in [1.82, 2.24) is 9.97 Å². The van der Waals surface area contributed by atoms with Crippen molar-refractivity contribution in [1.29, 1.82) is 0 Å². The van der Waals surface area contributed by atoms with E-state index in [1.807, 2.05) is 12.1 Å². The molecule has 118 valence electrons. The van der Waals surface area contributed by atoms with Gasteiger partial charge in [-0.15, -0.1) is 0 Å². The maximum Gasteiger partial charge on any atom is 0.224 e. The summed E-state index contributed by atoms with van der Waals surface area (Å²) < 4.78 is 0. The molecule has 0 fully saturated rings. The third kappa shape index (κ3) is 4.72. The van der Waals surface area contributed by atoms with Crippen molar-refractivity contribution in [2.45, 2.75) is 40.0 Å². The quantitative estimate of drug-likeness (QED) is 0.770. The number of para-hydroxylation sites is 1. The number of hydrogen-bond acceptors (Lipinski definition) is 4. The lowest BCUT2D eigenvalue weighted by Crippen LogP contribution is -2.08. The minimum Gasteiger partial charge on any atom is -0.354 e. The molecule has 4 heteroatoms. The Bertz CT molecular complexity index is 593. The first kappa shape index (κ1) is 16.3. The molecule has 22 heavy (non-hydrogen) atoms. The largest absolute Gasteiger partial charge is 0.354 e. The first-order valence-corrected chi connectivity index (χ1v) is 7.99. The molecule has 0 radical (unpaired) electrons. The van der Waals surface area contributed by atoms with Gasteiger partial charge in [0.15, 0.2) is 0 Å². The van der Waals surface area contributed by atoms with Gasteiger partial charge in [-0.05, 0) is 36.0 Å². The molecule has 0 atom stereocenters. The lowest BCUT2D eigenvalue weighted by atomic mass is 10.0. The zero-order valence-corrected chi connectivity index (χ0v) is 13.9. The fraction of sp³-hybridized carbons (Fsp3) is 0.444. The minimum absolute atomic E-state index is 0.467. The lowest BCUT2D eigenvalue weighted by molar-refractivity contribution is 0.606. The summed E-state index contributed by atoms with van der Waals surface area (Å²) in [5, 5.41) is 6.68. The monoisotopic (exact) mass is 298 g/mol. The number of benzene rings is 1. The third-order valence-electron chi connectivity index (χ3n) is 3.51. The molecule has 0 bridgehead atoms. The van der Waals surface area contributed by atoms with Crippen LogP contribution < -0.4 is 10.6 Å². The van der Waals surface area contributed by atoms with Crippen LogP contribution in [0.15, 0.2) is 36.5 Å². The molecule has 2 N–H and O–H groups in total. The number of rotatable bonds is 7. The van der Waals surface area contributed by atoms with E-state index in [-0.39, 0.29) is 0 Å². The van der Waals surface area contributed by atoms with Crippen molar-refractivity contribution in [2.75, 3.05) is 17.2 Å². The zero-order chi connectivity index (χ0) is 15.9. The lowest BCUT2D eigenvalue weighted by Gasteiger charge is -2.14. The van der Waals surface area contributed by atoms with Crippen LogP contribution in [0.4, 0.5) is 17.5 Å². The standard InChI is InChI=1S/C18H26N4/c1-13(2)9-11-19-18-20-12-10-17(22-18)21-16-8-6-5-7-15(16)14(3)4/h5-8,10,12-14H,9,11H2,1-4H3,(H2,19,20,21,22). The summed E-state index contributed by atoms with van der Waals surface area (Å²) in [5.41, 5.74) is 2.39. The first-order valence-electron chi connectivity index (χ1n) is 7.99. The Labute approximate surface area is 133 Å². The molecular formula is C18H26N4. The number of nitrogens with one attached hydrogen (secondary N) is 2. The van der Waals surface area contributed by atoms with Crippen LogP contribution in [0.2, 0.25) is 0 Å². The van der Waals surface area contributed by atoms with Crippen molar-refractivity contribution >= 4 is 17.5 Å². The molecular weight excluding hydrogens is 272 g/mol. The van der Waals surface area contributed by atoms with E-state index in [1.54, 1.807) is 6.20 Å². The smallest absolute Gasteiger partial charge is 0.224 e. The summed E-state index contributed by atoms with van der Waals surface area (Å²) >= 11 is 0.